The van der Waals surface area contributed by atoms with Crippen LogP contribution in [0.3, 0.4) is 0 Å². The minimum absolute atomic E-state index is 0.0404. The van der Waals surface area contributed by atoms with E-state index >= 15 is 0 Å². The number of anilines is 1. The molecule has 0 radical (unpaired) electrons. The summed E-state index contributed by atoms with van der Waals surface area (Å²) in [5, 5.41) is 2.63. The molecule has 0 aliphatic rings. The van der Waals surface area contributed by atoms with Crippen molar-refractivity contribution in [3.05, 3.63) is 83.1 Å². The Hall–Kier alpha value is -3.30. The first-order valence-corrected chi connectivity index (χ1v) is 13.8. The van der Waals surface area contributed by atoms with Crippen molar-refractivity contribution in [2.24, 2.45) is 0 Å². The number of benzene rings is 3. The van der Waals surface area contributed by atoms with E-state index in [0.717, 1.165) is 15.9 Å². The van der Waals surface area contributed by atoms with Crippen molar-refractivity contribution in [1.82, 2.24) is 5.32 Å². The number of halogens is 2. The summed E-state index contributed by atoms with van der Waals surface area (Å²) in [6.07, 6.45) is 0.619. The van der Waals surface area contributed by atoms with Crippen molar-refractivity contribution in [3.8, 4) is 11.5 Å². The number of sulfonamides is 1. The maximum absolute atomic E-state index is 13.9. The molecular formula is C28H32ClFN2O5S. The fourth-order valence-corrected chi connectivity index (χ4v) is 5.94. The third-order valence-corrected chi connectivity index (χ3v) is 8.26. The van der Waals surface area contributed by atoms with Gasteiger partial charge in [0.1, 0.15) is 12.4 Å². The van der Waals surface area contributed by atoms with Gasteiger partial charge in [-0.15, -0.1) is 0 Å². The smallest absolute Gasteiger partial charge is 0.264 e. The monoisotopic (exact) mass is 562 g/mol. The van der Waals surface area contributed by atoms with Crippen molar-refractivity contribution in [2.45, 2.75) is 43.5 Å². The van der Waals surface area contributed by atoms with Crippen LogP contribution in [-0.4, -0.2) is 41.1 Å². The number of ether oxygens (including phenoxy) is 2. The van der Waals surface area contributed by atoms with Crippen molar-refractivity contribution in [1.29, 1.82) is 0 Å². The lowest BCUT2D eigenvalue weighted by molar-refractivity contribution is -0.120. The van der Waals surface area contributed by atoms with Gasteiger partial charge in [-0.25, -0.2) is 12.8 Å². The van der Waals surface area contributed by atoms with E-state index in [-0.39, 0.29) is 32.8 Å². The second-order valence-corrected chi connectivity index (χ2v) is 11.8. The highest BCUT2D eigenvalue weighted by molar-refractivity contribution is 7.92. The van der Waals surface area contributed by atoms with E-state index in [1.807, 2.05) is 37.3 Å². The Kier molecular flexibility index (Phi) is 9.27. The van der Waals surface area contributed by atoms with Crippen molar-refractivity contribution in [2.75, 3.05) is 25.1 Å². The first-order valence-electron chi connectivity index (χ1n) is 11.9. The highest BCUT2D eigenvalue weighted by Crippen LogP contribution is 2.33. The molecule has 0 saturated heterocycles. The largest absolute Gasteiger partial charge is 0.493 e. The lowest BCUT2D eigenvalue weighted by Crippen LogP contribution is -2.45. The Morgan fingerprint density at radius 1 is 1.03 bits per heavy atom. The van der Waals surface area contributed by atoms with Crippen LogP contribution in [0.2, 0.25) is 5.02 Å². The van der Waals surface area contributed by atoms with E-state index in [9.17, 15) is 17.6 Å². The number of amides is 1. The van der Waals surface area contributed by atoms with Gasteiger partial charge < -0.3 is 14.8 Å². The van der Waals surface area contributed by atoms with Gasteiger partial charge >= 0.3 is 0 Å². The molecule has 0 bridgehead atoms. The fraction of sp³-hybridized carbons (Fsp3) is 0.321. The molecule has 0 aromatic heterocycles. The average Bonchev–Trinajstić information content (AvgIpc) is 2.88. The second kappa shape index (κ2) is 12.0. The van der Waals surface area contributed by atoms with Gasteiger partial charge in [-0.3, -0.25) is 9.10 Å². The van der Waals surface area contributed by atoms with Gasteiger partial charge in [0.2, 0.25) is 5.91 Å². The van der Waals surface area contributed by atoms with Crippen LogP contribution in [0.5, 0.6) is 11.5 Å². The molecule has 3 rings (SSSR count). The first kappa shape index (κ1) is 29.3. The molecule has 1 amide bonds. The maximum Gasteiger partial charge on any atom is 0.264 e. The zero-order valence-electron chi connectivity index (χ0n) is 22.0. The van der Waals surface area contributed by atoms with Crippen molar-refractivity contribution >= 4 is 33.2 Å². The molecule has 1 unspecified atom stereocenters. The normalized spacial score (nSPS) is 12.5. The lowest BCUT2D eigenvalue weighted by Gasteiger charge is -2.30. The predicted octanol–water partition coefficient (Wildman–Crippen LogP) is 5.56. The highest BCUT2D eigenvalue weighted by atomic mass is 35.5. The van der Waals surface area contributed by atoms with Crippen LogP contribution in [0.1, 0.15) is 32.8 Å². The van der Waals surface area contributed by atoms with E-state index < -0.39 is 28.3 Å². The molecule has 0 aliphatic carbocycles. The second-order valence-electron chi connectivity index (χ2n) is 9.55. The molecule has 0 saturated carbocycles. The average molecular weight is 563 g/mol. The summed E-state index contributed by atoms with van der Waals surface area (Å²) < 4.78 is 52.7. The van der Waals surface area contributed by atoms with Crippen LogP contribution in [0.15, 0.2) is 71.6 Å². The zero-order chi connectivity index (χ0) is 28.1. The van der Waals surface area contributed by atoms with E-state index in [0.29, 0.717) is 12.2 Å². The molecular weight excluding hydrogens is 531 g/mol. The van der Waals surface area contributed by atoms with E-state index in [2.05, 4.69) is 19.2 Å². The fourth-order valence-electron chi connectivity index (χ4n) is 4.33. The first-order chi connectivity index (χ1) is 17.9. The Bertz CT molecular complexity index is 1380. The maximum atomic E-state index is 13.9. The molecule has 0 heterocycles. The molecule has 3 aromatic rings. The molecule has 10 heteroatoms. The number of nitrogens with one attached hydrogen (secondary N) is 1. The quantitative estimate of drug-likeness (QED) is 0.330. The molecule has 0 fully saturated rings. The third kappa shape index (κ3) is 6.76. The summed E-state index contributed by atoms with van der Waals surface area (Å²) in [6, 6.07) is 17.3. The van der Waals surface area contributed by atoms with Gasteiger partial charge in [-0.1, -0.05) is 55.8 Å². The number of nitrogens with zero attached hydrogens (tertiary/aromatic N) is 1. The molecule has 204 valence electrons. The van der Waals surface area contributed by atoms with Gasteiger partial charge in [0.05, 0.1) is 29.8 Å². The highest BCUT2D eigenvalue weighted by Gasteiger charge is 2.30. The number of carbonyl (C=O) groups is 1. The molecule has 1 atom stereocenters. The number of methoxy groups -OCH3 is 2. The van der Waals surface area contributed by atoms with Crippen LogP contribution in [0.4, 0.5) is 10.1 Å². The third-order valence-electron chi connectivity index (χ3n) is 6.20. The number of carbonyl (C=O) groups excluding carboxylic acids is 1. The Morgan fingerprint density at radius 2 is 1.68 bits per heavy atom. The minimum atomic E-state index is -4.29. The summed E-state index contributed by atoms with van der Waals surface area (Å²) in [5.74, 6) is -0.687. The summed E-state index contributed by atoms with van der Waals surface area (Å²) in [6.45, 7) is 5.48. The van der Waals surface area contributed by atoms with E-state index in [1.165, 1.54) is 44.6 Å². The molecule has 3 aromatic carbocycles. The van der Waals surface area contributed by atoms with E-state index in [1.54, 1.807) is 0 Å². The predicted molar refractivity (Wildman–Crippen MR) is 147 cm³/mol. The number of hydrogen-bond acceptors (Lipinski definition) is 5. The Labute approximate surface area is 228 Å². The summed E-state index contributed by atoms with van der Waals surface area (Å²) in [5.41, 5.74) is 0.933. The van der Waals surface area contributed by atoms with Crippen LogP contribution in [0, 0.1) is 5.82 Å². The SMILES string of the molecule is COc1ccc(S(=O)(=O)N(CC(=O)NC(C)CC(C)(C)c2ccccc2)c2ccc(F)c(Cl)c2)cc1OC. The molecule has 7 nitrogen and oxygen atoms in total. The summed E-state index contributed by atoms with van der Waals surface area (Å²) >= 11 is 5.96. The van der Waals surface area contributed by atoms with Crippen LogP contribution in [-0.2, 0) is 20.2 Å². The lowest BCUT2D eigenvalue weighted by atomic mass is 9.79. The van der Waals surface area contributed by atoms with E-state index in [4.69, 9.17) is 21.1 Å². The topological polar surface area (TPSA) is 84.9 Å². The molecule has 1 N–H and O–H groups in total. The number of hydrogen-bond donors (Lipinski definition) is 1. The molecule has 38 heavy (non-hydrogen) atoms. The van der Waals surface area contributed by atoms with Gasteiger partial charge in [0.15, 0.2) is 11.5 Å². The Morgan fingerprint density at radius 3 is 2.29 bits per heavy atom. The van der Waals surface area contributed by atoms with Crippen molar-refractivity contribution < 1.29 is 27.1 Å². The van der Waals surface area contributed by atoms with Gasteiger partial charge in [-0.2, -0.15) is 0 Å². The minimum Gasteiger partial charge on any atom is -0.493 e. The van der Waals surface area contributed by atoms with Crippen LogP contribution < -0.4 is 19.1 Å². The zero-order valence-corrected chi connectivity index (χ0v) is 23.6. The van der Waals surface area contributed by atoms with Crippen LogP contribution in [0.25, 0.3) is 0 Å². The number of rotatable bonds is 11. The summed E-state index contributed by atoms with van der Waals surface area (Å²) in [4.78, 5) is 13.0. The molecule has 0 aliphatic heterocycles. The standard InChI is InChI=1S/C28H32ClFN2O5S/c1-19(17-28(2,3)20-9-7-6-8-10-20)31-27(33)18-32(21-11-13-24(30)23(29)15-21)38(34,35)22-12-14-25(36-4)26(16-22)37-5/h6-16,19H,17-18H2,1-5H3,(H,31,33). The Balaban J connectivity index is 1.89. The van der Waals surface area contributed by atoms with Crippen molar-refractivity contribution in [3.63, 3.8) is 0 Å². The van der Waals surface area contributed by atoms with Gasteiger partial charge in [0.25, 0.3) is 10.0 Å². The summed E-state index contributed by atoms with van der Waals surface area (Å²) in [7, 11) is -1.47. The molecule has 0 spiro atoms. The van der Waals surface area contributed by atoms with Gasteiger partial charge in [0, 0.05) is 12.1 Å². The van der Waals surface area contributed by atoms with Crippen LogP contribution >= 0.6 is 11.6 Å². The van der Waals surface area contributed by atoms with Gasteiger partial charge in [-0.05, 0) is 54.7 Å².